The Hall–Kier alpha value is -2.91. The van der Waals surface area contributed by atoms with E-state index in [4.69, 9.17) is 4.74 Å². The van der Waals surface area contributed by atoms with Gasteiger partial charge in [-0.2, -0.15) is 12.6 Å². The van der Waals surface area contributed by atoms with Gasteiger partial charge >= 0.3 is 5.97 Å². The van der Waals surface area contributed by atoms with E-state index in [1.807, 2.05) is 31.2 Å². The minimum absolute atomic E-state index is 0.0122. The number of carbonyl (C=O) groups excluding carboxylic acids is 2. The normalized spacial score (nSPS) is 19.0. The topological polar surface area (TPSA) is 102 Å². The van der Waals surface area contributed by atoms with Crippen LogP contribution in [0.5, 0.6) is 0 Å². The van der Waals surface area contributed by atoms with Gasteiger partial charge < -0.3 is 10.1 Å². The fourth-order valence-electron chi connectivity index (χ4n) is 3.10. The van der Waals surface area contributed by atoms with Gasteiger partial charge in [0, 0.05) is 29.6 Å². The highest BCUT2D eigenvalue weighted by Crippen LogP contribution is 2.23. The van der Waals surface area contributed by atoms with Crippen molar-refractivity contribution < 1.29 is 19.2 Å². The number of esters is 1. The number of likely N-dealkylation sites (tertiary alicyclic amines) is 1. The van der Waals surface area contributed by atoms with E-state index in [2.05, 4.69) is 17.9 Å². The van der Waals surface area contributed by atoms with Crippen molar-refractivity contribution in [3.05, 3.63) is 69.8 Å². The van der Waals surface area contributed by atoms with E-state index in [-0.39, 0.29) is 29.1 Å². The number of nitrogens with one attached hydrogen (secondary N) is 1. The van der Waals surface area contributed by atoms with Crippen molar-refractivity contribution in [3.8, 4) is 0 Å². The van der Waals surface area contributed by atoms with Crippen LogP contribution in [0.15, 0.2) is 48.5 Å². The molecule has 0 aromatic heterocycles. The Morgan fingerprint density at radius 3 is 2.48 bits per heavy atom. The highest BCUT2D eigenvalue weighted by molar-refractivity contribution is 7.81. The van der Waals surface area contributed by atoms with Crippen LogP contribution >= 0.6 is 12.6 Å². The Labute approximate surface area is 173 Å². The van der Waals surface area contributed by atoms with Crippen molar-refractivity contribution >= 4 is 35.9 Å². The monoisotopic (exact) mass is 415 g/mol. The smallest absolute Gasteiger partial charge is 0.339 e. The molecule has 0 saturated carbocycles. The molecular weight excluding hydrogens is 394 g/mol. The fourth-order valence-corrected chi connectivity index (χ4v) is 3.51. The fraction of sp³-hybridized carbons (Fsp3) is 0.300. The third-order valence-electron chi connectivity index (χ3n) is 4.68. The molecule has 1 fully saturated rings. The van der Waals surface area contributed by atoms with E-state index in [1.54, 1.807) is 4.90 Å². The molecule has 1 N–H and O–H groups in total. The molecule has 2 atom stereocenters. The zero-order valence-electron chi connectivity index (χ0n) is 15.8. The molecule has 8 nitrogen and oxygen atoms in total. The maximum atomic E-state index is 12.7. The molecule has 0 unspecified atom stereocenters. The van der Waals surface area contributed by atoms with Crippen LogP contribution in [0.3, 0.4) is 0 Å². The molecule has 1 aliphatic rings. The Bertz CT molecular complexity index is 901. The molecule has 1 amide bonds. The molecule has 0 aliphatic carbocycles. The number of hydrogen-bond acceptors (Lipinski definition) is 7. The number of anilines is 1. The van der Waals surface area contributed by atoms with Gasteiger partial charge in [-0.3, -0.25) is 19.8 Å². The second-order valence-corrected chi connectivity index (χ2v) is 7.63. The molecule has 3 rings (SSSR count). The summed E-state index contributed by atoms with van der Waals surface area (Å²) in [6, 6.07) is 12.2. The number of amides is 1. The van der Waals surface area contributed by atoms with Gasteiger partial charge in [0.1, 0.15) is 6.73 Å². The van der Waals surface area contributed by atoms with E-state index in [9.17, 15) is 19.7 Å². The van der Waals surface area contributed by atoms with E-state index >= 15 is 0 Å². The summed E-state index contributed by atoms with van der Waals surface area (Å²) in [5, 5.41) is 13.6. The Morgan fingerprint density at radius 1 is 1.21 bits per heavy atom. The Morgan fingerprint density at radius 2 is 1.86 bits per heavy atom. The number of benzene rings is 2. The summed E-state index contributed by atoms with van der Waals surface area (Å²) >= 11 is 4.46. The maximum absolute atomic E-state index is 12.7. The molecule has 0 spiro atoms. The van der Waals surface area contributed by atoms with Crippen LogP contribution in [0.4, 0.5) is 11.4 Å². The largest absolute Gasteiger partial charge is 0.446 e. The van der Waals surface area contributed by atoms with E-state index < -0.39 is 16.9 Å². The van der Waals surface area contributed by atoms with Crippen LogP contribution in [0, 0.1) is 17.0 Å². The SMILES string of the molecule is Cc1ccc(NC(=O)[C@@H]2C[C@H](S)CN2COC(=O)c2ccc([N+](=O)[O-])cc2)cc1. The minimum atomic E-state index is -0.611. The summed E-state index contributed by atoms with van der Waals surface area (Å²) in [4.78, 5) is 36.8. The first-order chi connectivity index (χ1) is 13.8. The summed E-state index contributed by atoms with van der Waals surface area (Å²) in [7, 11) is 0. The van der Waals surface area contributed by atoms with Crippen LogP contribution in [-0.2, 0) is 9.53 Å². The number of nitro groups is 1. The van der Waals surface area contributed by atoms with Gasteiger partial charge in [-0.1, -0.05) is 17.7 Å². The first kappa shape index (κ1) is 20.8. The van der Waals surface area contributed by atoms with Gasteiger partial charge in [0.15, 0.2) is 0 Å². The van der Waals surface area contributed by atoms with Crippen LogP contribution in [0.1, 0.15) is 22.3 Å². The van der Waals surface area contributed by atoms with E-state index in [0.29, 0.717) is 18.7 Å². The lowest BCUT2D eigenvalue weighted by molar-refractivity contribution is -0.384. The van der Waals surface area contributed by atoms with Crippen LogP contribution in [-0.4, -0.2) is 46.3 Å². The minimum Gasteiger partial charge on any atom is -0.446 e. The molecule has 0 bridgehead atoms. The lowest BCUT2D eigenvalue weighted by Gasteiger charge is -2.23. The molecule has 1 saturated heterocycles. The number of non-ortho nitro benzene ring substituents is 1. The number of rotatable bonds is 6. The number of nitrogens with zero attached hydrogens (tertiary/aromatic N) is 2. The van der Waals surface area contributed by atoms with Crippen LogP contribution in [0.25, 0.3) is 0 Å². The molecule has 0 radical (unpaired) electrons. The van der Waals surface area contributed by atoms with Crippen molar-refractivity contribution in [2.45, 2.75) is 24.6 Å². The predicted octanol–water partition coefficient (Wildman–Crippen LogP) is 3.03. The zero-order chi connectivity index (χ0) is 21.0. The molecule has 2 aromatic carbocycles. The maximum Gasteiger partial charge on any atom is 0.339 e. The highest BCUT2D eigenvalue weighted by atomic mass is 32.1. The lowest BCUT2D eigenvalue weighted by atomic mass is 10.2. The zero-order valence-corrected chi connectivity index (χ0v) is 16.7. The second kappa shape index (κ2) is 9.06. The average molecular weight is 415 g/mol. The predicted molar refractivity (Wildman–Crippen MR) is 111 cm³/mol. The summed E-state index contributed by atoms with van der Waals surface area (Å²) < 4.78 is 5.31. The molecule has 29 heavy (non-hydrogen) atoms. The molecular formula is C20H21N3O5S. The number of thiol groups is 1. The first-order valence-electron chi connectivity index (χ1n) is 9.04. The van der Waals surface area contributed by atoms with Gasteiger partial charge in [0.2, 0.25) is 5.91 Å². The second-order valence-electron chi connectivity index (χ2n) is 6.90. The number of nitro benzene ring substituents is 1. The third kappa shape index (κ3) is 5.33. The number of ether oxygens (including phenoxy) is 1. The Kier molecular flexibility index (Phi) is 6.50. The average Bonchev–Trinajstić information content (AvgIpc) is 3.08. The van der Waals surface area contributed by atoms with Crippen molar-refractivity contribution in [3.63, 3.8) is 0 Å². The summed E-state index contributed by atoms with van der Waals surface area (Å²) in [5.41, 5.74) is 1.90. The highest BCUT2D eigenvalue weighted by Gasteiger charge is 2.36. The number of carbonyl (C=O) groups is 2. The quantitative estimate of drug-likeness (QED) is 0.325. The molecule has 9 heteroatoms. The van der Waals surface area contributed by atoms with Gasteiger partial charge in [-0.25, -0.2) is 4.79 Å². The van der Waals surface area contributed by atoms with Gasteiger partial charge in [0.25, 0.3) is 5.69 Å². The van der Waals surface area contributed by atoms with E-state index in [0.717, 1.165) is 5.56 Å². The van der Waals surface area contributed by atoms with Crippen molar-refractivity contribution in [1.29, 1.82) is 0 Å². The molecule has 2 aromatic rings. The van der Waals surface area contributed by atoms with Crippen LogP contribution in [0.2, 0.25) is 0 Å². The van der Waals surface area contributed by atoms with Crippen molar-refractivity contribution in [2.24, 2.45) is 0 Å². The number of hydrogen-bond donors (Lipinski definition) is 2. The summed E-state index contributed by atoms with van der Waals surface area (Å²) in [5.74, 6) is -0.794. The summed E-state index contributed by atoms with van der Waals surface area (Å²) in [6.07, 6.45) is 0.538. The summed E-state index contributed by atoms with van der Waals surface area (Å²) in [6.45, 7) is 2.40. The molecule has 152 valence electrons. The van der Waals surface area contributed by atoms with Crippen molar-refractivity contribution in [2.75, 3.05) is 18.6 Å². The van der Waals surface area contributed by atoms with Gasteiger partial charge in [0.05, 0.1) is 16.5 Å². The lowest BCUT2D eigenvalue weighted by Crippen LogP contribution is -2.41. The van der Waals surface area contributed by atoms with Crippen molar-refractivity contribution in [1.82, 2.24) is 4.90 Å². The van der Waals surface area contributed by atoms with Gasteiger partial charge in [-0.05, 0) is 37.6 Å². The standard InChI is InChI=1S/C20H21N3O5S/c1-13-2-6-15(7-3-13)21-19(24)18-10-17(29)11-22(18)12-28-20(25)14-4-8-16(9-5-14)23(26)27/h2-9,17-18,29H,10-12H2,1H3,(H,21,24)/t17-,18-/m0/s1. The first-order valence-corrected chi connectivity index (χ1v) is 9.56. The number of aryl methyl sites for hydroxylation is 1. The van der Waals surface area contributed by atoms with Gasteiger partial charge in [-0.15, -0.1) is 0 Å². The van der Waals surface area contributed by atoms with E-state index in [1.165, 1.54) is 24.3 Å². The Balaban J connectivity index is 1.59. The van der Waals surface area contributed by atoms with Crippen LogP contribution < -0.4 is 5.32 Å². The third-order valence-corrected chi connectivity index (χ3v) is 5.05. The molecule has 1 aliphatic heterocycles. The molecule has 1 heterocycles.